The molecular formula is C31H25F3N2O4S2. The average Bonchev–Trinajstić information content (AvgIpc) is 3.55. The fraction of sp³-hybridized carbons (Fsp3) is 0.194. The predicted molar refractivity (Wildman–Crippen MR) is 157 cm³/mol. The lowest BCUT2D eigenvalue weighted by molar-refractivity contribution is -0.146. The summed E-state index contributed by atoms with van der Waals surface area (Å²) in [6.45, 7) is 2.67. The molecule has 0 spiro atoms. The molecule has 0 amide bonds. The lowest BCUT2D eigenvalue weighted by Crippen LogP contribution is -2.50. The average molecular weight is 611 g/mol. The number of rotatable bonds is 7. The van der Waals surface area contributed by atoms with Crippen LogP contribution in [-0.4, -0.2) is 38.6 Å². The minimum Gasteiger partial charge on any atom is -0.469 e. The fourth-order valence-electron chi connectivity index (χ4n) is 5.39. The van der Waals surface area contributed by atoms with E-state index in [9.17, 15) is 26.4 Å². The van der Waals surface area contributed by atoms with Crippen LogP contribution in [0.15, 0.2) is 83.1 Å². The summed E-state index contributed by atoms with van der Waals surface area (Å²) in [5.41, 5.74) is 2.65. The number of hydrogen-bond acceptors (Lipinski definition) is 6. The van der Waals surface area contributed by atoms with Gasteiger partial charge in [0, 0.05) is 40.9 Å². The Balaban J connectivity index is 1.65. The summed E-state index contributed by atoms with van der Waals surface area (Å²) in [6.07, 6.45) is -2.82. The zero-order valence-corrected chi connectivity index (χ0v) is 24.2. The van der Waals surface area contributed by atoms with Crippen LogP contribution < -0.4 is 4.90 Å². The van der Waals surface area contributed by atoms with E-state index in [4.69, 9.17) is 4.74 Å². The van der Waals surface area contributed by atoms with Gasteiger partial charge in [0.1, 0.15) is 5.82 Å². The van der Waals surface area contributed by atoms with Gasteiger partial charge < -0.3 is 9.64 Å². The van der Waals surface area contributed by atoms with Crippen molar-refractivity contribution in [1.82, 2.24) is 3.97 Å². The van der Waals surface area contributed by atoms with Crippen molar-refractivity contribution in [2.45, 2.75) is 18.2 Å². The first-order chi connectivity index (χ1) is 20.1. The van der Waals surface area contributed by atoms with Gasteiger partial charge in [-0.1, -0.05) is 29.8 Å². The summed E-state index contributed by atoms with van der Waals surface area (Å²) in [6, 6.07) is 18.6. The predicted octanol–water partition coefficient (Wildman–Crippen LogP) is 7.27. The van der Waals surface area contributed by atoms with Crippen LogP contribution in [0.1, 0.15) is 16.9 Å². The maximum Gasteiger partial charge on any atom is 0.312 e. The van der Waals surface area contributed by atoms with Gasteiger partial charge in [-0.2, -0.15) is 0 Å². The van der Waals surface area contributed by atoms with Crippen molar-refractivity contribution in [3.05, 3.63) is 94.4 Å². The monoisotopic (exact) mass is 610 g/mol. The highest BCUT2D eigenvalue weighted by Gasteiger charge is 2.35. The Kier molecular flexibility index (Phi) is 7.10. The Labute approximate surface area is 244 Å². The number of benzene rings is 3. The number of methoxy groups -OCH3 is 1. The maximum atomic E-state index is 14.7. The molecule has 0 saturated carbocycles. The van der Waals surface area contributed by atoms with E-state index in [1.165, 1.54) is 42.8 Å². The number of ether oxygens (including phenoxy) is 1. The molecule has 11 heteroatoms. The van der Waals surface area contributed by atoms with Crippen LogP contribution in [0.5, 0.6) is 0 Å². The third-order valence-electron chi connectivity index (χ3n) is 7.51. The number of halogens is 3. The van der Waals surface area contributed by atoms with Crippen molar-refractivity contribution in [1.29, 1.82) is 0 Å². The Morgan fingerprint density at radius 3 is 2.45 bits per heavy atom. The molecule has 1 aliphatic rings. The number of carbonyl (C=O) groups excluding carboxylic acids is 1. The summed E-state index contributed by atoms with van der Waals surface area (Å²) >= 11 is 0.855. The molecule has 0 N–H and O–H groups in total. The van der Waals surface area contributed by atoms with Crippen LogP contribution in [0.25, 0.3) is 33.3 Å². The topological polar surface area (TPSA) is 68.6 Å². The smallest absolute Gasteiger partial charge is 0.312 e. The Morgan fingerprint density at radius 2 is 1.76 bits per heavy atom. The van der Waals surface area contributed by atoms with Crippen molar-refractivity contribution < 1.29 is 31.1 Å². The largest absolute Gasteiger partial charge is 0.469 e. The van der Waals surface area contributed by atoms with Crippen molar-refractivity contribution in [3.63, 3.8) is 0 Å². The lowest BCUT2D eigenvalue weighted by atomic mass is 9.96. The Bertz CT molecular complexity index is 1930. The molecule has 6 rings (SSSR count). The van der Waals surface area contributed by atoms with Gasteiger partial charge in [0.05, 0.1) is 34.0 Å². The molecule has 0 radical (unpaired) electrons. The molecule has 0 bridgehead atoms. The minimum absolute atomic E-state index is 0.00124. The second-order valence-corrected chi connectivity index (χ2v) is 12.9. The number of fused-ring (bicyclic) bond motifs is 1. The van der Waals surface area contributed by atoms with E-state index in [1.807, 2.05) is 17.9 Å². The highest BCUT2D eigenvalue weighted by Crippen LogP contribution is 2.47. The molecule has 0 atom stereocenters. The van der Waals surface area contributed by atoms with Crippen molar-refractivity contribution in [2.24, 2.45) is 5.92 Å². The van der Waals surface area contributed by atoms with Crippen molar-refractivity contribution in [3.8, 4) is 22.4 Å². The van der Waals surface area contributed by atoms with Gasteiger partial charge >= 0.3 is 5.97 Å². The van der Waals surface area contributed by atoms with Crippen LogP contribution >= 0.6 is 11.3 Å². The molecule has 0 unspecified atom stereocenters. The maximum absolute atomic E-state index is 14.7. The van der Waals surface area contributed by atoms with E-state index < -0.39 is 22.3 Å². The standard InChI is InChI=1S/C31H25F3N2O4S2/c1-18-6-9-23(10-7-18)42(38,39)36-26-11-8-21(32)15-25(26)27(24-12-13-41-29(24)30(33)34)28(36)19-4-3-5-22(14-19)35-16-20(17-35)31(37)40-2/h3-15,20,30H,16-17H2,1-2H3. The minimum atomic E-state index is -4.29. The molecule has 1 fully saturated rings. The molecule has 3 heterocycles. The highest BCUT2D eigenvalue weighted by molar-refractivity contribution is 7.90. The van der Waals surface area contributed by atoms with Crippen molar-refractivity contribution >= 4 is 43.9 Å². The highest BCUT2D eigenvalue weighted by atomic mass is 32.2. The van der Waals surface area contributed by atoms with Gasteiger partial charge in [0.15, 0.2) is 0 Å². The van der Waals surface area contributed by atoms with Gasteiger partial charge in [-0.3, -0.25) is 4.79 Å². The SMILES string of the molecule is COC(=O)C1CN(c2cccc(-c3c(-c4ccsc4C(F)F)c4cc(F)ccc4n3S(=O)(=O)c3ccc(C)cc3)c2)C1. The third-order valence-corrected chi connectivity index (χ3v) is 10.2. The number of alkyl halides is 2. The van der Waals surface area contributed by atoms with Gasteiger partial charge in [0.2, 0.25) is 0 Å². The van der Waals surface area contributed by atoms with E-state index in [0.717, 1.165) is 26.9 Å². The Morgan fingerprint density at radius 1 is 1.02 bits per heavy atom. The summed E-state index contributed by atoms with van der Waals surface area (Å²) in [4.78, 5) is 13.7. The zero-order valence-electron chi connectivity index (χ0n) is 22.6. The van der Waals surface area contributed by atoms with Crippen LogP contribution in [0.4, 0.5) is 18.9 Å². The summed E-state index contributed by atoms with van der Waals surface area (Å²) in [5, 5.41) is 1.71. The van der Waals surface area contributed by atoms with Gasteiger partial charge in [0.25, 0.3) is 16.4 Å². The van der Waals surface area contributed by atoms with Gasteiger partial charge in [-0.25, -0.2) is 25.6 Å². The molecule has 216 valence electrons. The van der Waals surface area contributed by atoms with Crippen LogP contribution in [0, 0.1) is 18.7 Å². The van der Waals surface area contributed by atoms with E-state index in [1.54, 1.807) is 30.3 Å². The van der Waals surface area contributed by atoms with Gasteiger partial charge in [-0.05, 0) is 60.8 Å². The summed E-state index contributed by atoms with van der Waals surface area (Å²) < 4.78 is 77.8. The molecule has 6 nitrogen and oxygen atoms in total. The molecular weight excluding hydrogens is 585 g/mol. The van der Waals surface area contributed by atoms with E-state index in [2.05, 4.69) is 0 Å². The second-order valence-electron chi connectivity index (χ2n) is 10.1. The van der Waals surface area contributed by atoms with Gasteiger partial charge in [-0.15, -0.1) is 11.3 Å². The molecule has 5 aromatic rings. The Hall–Kier alpha value is -4.09. The van der Waals surface area contributed by atoms with Crippen LogP contribution in [-0.2, 0) is 19.6 Å². The summed E-state index contributed by atoms with van der Waals surface area (Å²) in [7, 11) is -2.96. The first kappa shape index (κ1) is 28.0. The molecule has 0 aliphatic carbocycles. The number of aryl methyl sites for hydroxylation is 1. The van der Waals surface area contributed by atoms with E-state index in [-0.39, 0.29) is 49.4 Å². The quantitative estimate of drug-likeness (QED) is 0.181. The van der Waals surface area contributed by atoms with E-state index >= 15 is 0 Å². The molecule has 42 heavy (non-hydrogen) atoms. The lowest BCUT2D eigenvalue weighted by Gasteiger charge is -2.39. The number of carbonyl (C=O) groups is 1. The van der Waals surface area contributed by atoms with E-state index in [0.29, 0.717) is 24.3 Å². The fourth-order valence-corrected chi connectivity index (χ4v) is 7.68. The number of aromatic nitrogens is 1. The molecule has 2 aromatic heterocycles. The normalized spacial score (nSPS) is 14.0. The molecule has 1 aliphatic heterocycles. The molecule has 3 aromatic carbocycles. The van der Waals surface area contributed by atoms with Crippen LogP contribution in [0.3, 0.4) is 0 Å². The zero-order chi connectivity index (χ0) is 29.8. The molecule has 1 saturated heterocycles. The number of thiophene rings is 1. The second kappa shape index (κ2) is 10.6. The van der Waals surface area contributed by atoms with Crippen LogP contribution in [0.2, 0.25) is 0 Å². The summed E-state index contributed by atoms with van der Waals surface area (Å²) in [5.74, 6) is -1.23. The third kappa shape index (κ3) is 4.66. The first-order valence-electron chi connectivity index (χ1n) is 13.1. The number of nitrogens with zero attached hydrogens (tertiary/aromatic N) is 2. The first-order valence-corrected chi connectivity index (χ1v) is 15.4. The number of esters is 1. The van der Waals surface area contributed by atoms with Crippen molar-refractivity contribution in [2.75, 3.05) is 25.1 Å². The number of anilines is 1. The number of hydrogen-bond donors (Lipinski definition) is 0.